The zero-order valence-electron chi connectivity index (χ0n) is 14.7. The van der Waals surface area contributed by atoms with Gasteiger partial charge < -0.3 is 15.0 Å². The van der Waals surface area contributed by atoms with Crippen molar-refractivity contribution in [2.24, 2.45) is 5.41 Å². The van der Waals surface area contributed by atoms with Crippen LogP contribution in [0.25, 0.3) is 0 Å². The molecule has 0 aliphatic heterocycles. The molecule has 1 aliphatic carbocycles. The van der Waals surface area contributed by atoms with Crippen molar-refractivity contribution in [3.05, 3.63) is 64.1 Å². The van der Waals surface area contributed by atoms with Gasteiger partial charge in [0, 0.05) is 12.6 Å². The van der Waals surface area contributed by atoms with Gasteiger partial charge in [-0.25, -0.2) is 0 Å². The molecule has 1 amide bonds. The van der Waals surface area contributed by atoms with E-state index in [0.29, 0.717) is 19.4 Å². The third-order valence-corrected chi connectivity index (χ3v) is 5.03. The van der Waals surface area contributed by atoms with E-state index in [-0.39, 0.29) is 17.7 Å². The zero-order valence-corrected chi connectivity index (χ0v) is 14.7. The van der Waals surface area contributed by atoms with Gasteiger partial charge in [0.25, 0.3) is 5.56 Å². The minimum atomic E-state index is -0.972. The van der Waals surface area contributed by atoms with Gasteiger partial charge >= 0.3 is 5.97 Å². The molecule has 136 valence electrons. The summed E-state index contributed by atoms with van der Waals surface area (Å²) in [6.07, 6.45) is 3.38. The Balaban J connectivity index is 1.72. The molecule has 2 N–H and O–H groups in total. The van der Waals surface area contributed by atoms with E-state index in [2.05, 4.69) is 5.32 Å². The average Bonchev–Trinajstić information content (AvgIpc) is 2.56. The molecule has 1 heterocycles. The van der Waals surface area contributed by atoms with Crippen LogP contribution in [0.1, 0.15) is 36.8 Å². The highest BCUT2D eigenvalue weighted by atomic mass is 16.4. The van der Waals surface area contributed by atoms with Gasteiger partial charge in [-0.05, 0) is 37.5 Å². The van der Waals surface area contributed by atoms with Crippen molar-refractivity contribution < 1.29 is 14.7 Å². The summed E-state index contributed by atoms with van der Waals surface area (Å²) in [6, 6.07) is 11.1. The first kappa shape index (κ1) is 17.9. The topological polar surface area (TPSA) is 88.4 Å². The van der Waals surface area contributed by atoms with E-state index >= 15 is 0 Å². The molecular weight excluding hydrogens is 332 g/mol. The first-order valence-electron chi connectivity index (χ1n) is 8.68. The van der Waals surface area contributed by atoms with Crippen LogP contribution in [0.3, 0.4) is 0 Å². The summed E-state index contributed by atoms with van der Waals surface area (Å²) in [5.74, 6) is -1.37. The Morgan fingerprint density at radius 2 is 1.88 bits per heavy atom. The van der Waals surface area contributed by atoms with Crippen molar-refractivity contribution in [1.29, 1.82) is 0 Å². The molecule has 2 aromatic rings. The summed E-state index contributed by atoms with van der Waals surface area (Å²) in [5.41, 5.74) is 1.02. The van der Waals surface area contributed by atoms with Crippen LogP contribution in [0.4, 0.5) is 5.69 Å². The van der Waals surface area contributed by atoms with Crippen molar-refractivity contribution in [2.75, 3.05) is 5.32 Å². The molecule has 1 aromatic carbocycles. The number of aromatic nitrogens is 1. The quantitative estimate of drug-likeness (QED) is 0.835. The largest absolute Gasteiger partial charge is 0.481 e. The number of hydrogen-bond acceptors (Lipinski definition) is 3. The molecule has 0 unspecified atom stereocenters. The van der Waals surface area contributed by atoms with E-state index in [1.165, 1.54) is 4.57 Å². The summed E-state index contributed by atoms with van der Waals surface area (Å²) in [4.78, 5) is 36.2. The lowest BCUT2D eigenvalue weighted by Gasteiger charge is -2.36. The van der Waals surface area contributed by atoms with Crippen molar-refractivity contribution in [2.45, 2.75) is 39.2 Å². The average molecular weight is 354 g/mol. The number of hydrogen-bond donors (Lipinski definition) is 2. The third kappa shape index (κ3) is 3.69. The van der Waals surface area contributed by atoms with Crippen LogP contribution in [0, 0.1) is 12.3 Å². The maximum absolute atomic E-state index is 12.6. The number of carboxylic acids is 1. The predicted octanol–water partition coefficient (Wildman–Crippen LogP) is 2.79. The molecule has 0 atom stereocenters. The first-order valence-corrected chi connectivity index (χ1v) is 8.68. The van der Waals surface area contributed by atoms with E-state index in [0.717, 1.165) is 17.5 Å². The van der Waals surface area contributed by atoms with Crippen LogP contribution in [0.15, 0.2) is 47.4 Å². The molecule has 0 spiro atoms. The second-order valence-electron chi connectivity index (χ2n) is 7.00. The van der Waals surface area contributed by atoms with Gasteiger partial charge in [0.15, 0.2) is 0 Å². The maximum atomic E-state index is 12.6. The molecule has 0 bridgehead atoms. The summed E-state index contributed by atoms with van der Waals surface area (Å²) < 4.78 is 1.52. The number of nitrogens with zero attached hydrogens (tertiary/aromatic N) is 1. The Morgan fingerprint density at radius 3 is 2.46 bits per heavy atom. The molecule has 26 heavy (non-hydrogen) atoms. The van der Waals surface area contributed by atoms with Crippen molar-refractivity contribution >= 4 is 17.6 Å². The molecule has 1 aromatic heterocycles. The highest BCUT2D eigenvalue weighted by Crippen LogP contribution is 2.44. The van der Waals surface area contributed by atoms with Gasteiger partial charge in [-0.2, -0.15) is 0 Å². The summed E-state index contributed by atoms with van der Waals surface area (Å²) >= 11 is 0. The van der Waals surface area contributed by atoms with E-state index < -0.39 is 17.3 Å². The smallest absolute Gasteiger partial charge is 0.310 e. The Morgan fingerprint density at radius 1 is 1.19 bits per heavy atom. The lowest BCUT2D eigenvalue weighted by atomic mass is 9.66. The van der Waals surface area contributed by atoms with Gasteiger partial charge in [-0.15, -0.1) is 0 Å². The molecule has 1 saturated carbocycles. The number of rotatable bonds is 6. The second-order valence-corrected chi connectivity index (χ2v) is 7.00. The van der Waals surface area contributed by atoms with Crippen molar-refractivity contribution in [3.8, 4) is 0 Å². The van der Waals surface area contributed by atoms with Crippen molar-refractivity contribution in [3.63, 3.8) is 0 Å². The summed E-state index contributed by atoms with van der Waals surface area (Å²) in [5, 5.41) is 11.9. The van der Waals surface area contributed by atoms with Gasteiger partial charge in [0.05, 0.1) is 12.0 Å². The lowest BCUT2D eigenvalue weighted by Crippen LogP contribution is -2.41. The maximum Gasteiger partial charge on any atom is 0.310 e. The minimum Gasteiger partial charge on any atom is -0.481 e. The normalized spacial score (nSPS) is 15.1. The first-order chi connectivity index (χ1) is 12.4. The number of anilines is 1. The standard InChI is InChI=1S/C20H22N2O4/c1-14-5-7-15(8-6-14)13-22-11-2-4-16(18(22)24)21-17(23)12-20(19(25)26)9-3-10-20/h2,4-8,11H,3,9-10,12-13H2,1H3,(H,21,23)(H,25,26). The molecule has 6 nitrogen and oxygen atoms in total. The highest BCUT2D eigenvalue weighted by Gasteiger charge is 2.45. The molecule has 3 rings (SSSR count). The number of benzene rings is 1. The van der Waals surface area contributed by atoms with Crippen LogP contribution < -0.4 is 10.9 Å². The SMILES string of the molecule is Cc1ccc(Cn2cccc(NC(=O)CC3(C(=O)O)CCC3)c2=O)cc1. The number of carboxylic acid groups (broad SMARTS) is 1. The molecule has 0 radical (unpaired) electrons. The molecule has 6 heteroatoms. The number of carbonyl (C=O) groups excluding carboxylic acids is 1. The monoisotopic (exact) mass is 354 g/mol. The minimum absolute atomic E-state index is 0.103. The fourth-order valence-electron chi connectivity index (χ4n) is 3.22. The number of aryl methyl sites for hydroxylation is 1. The zero-order chi connectivity index (χ0) is 18.7. The summed E-state index contributed by atoms with van der Waals surface area (Å²) in [7, 11) is 0. The highest BCUT2D eigenvalue weighted by molar-refractivity contribution is 5.94. The second kappa shape index (κ2) is 7.15. The number of carbonyl (C=O) groups is 2. The number of aliphatic carboxylic acids is 1. The molecule has 0 saturated heterocycles. The Labute approximate surface area is 151 Å². The number of nitrogens with one attached hydrogen (secondary N) is 1. The van der Waals surface area contributed by atoms with Gasteiger partial charge in [0.1, 0.15) is 5.69 Å². The van der Waals surface area contributed by atoms with E-state index in [9.17, 15) is 19.5 Å². The van der Waals surface area contributed by atoms with Crippen LogP contribution in [-0.2, 0) is 16.1 Å². The van der Waals surface area contributed by atoms with Crippen LogP contribution >= 0.6 is 0 Å². The Bertz CT molecular complexity index is 879. The van der Waals surface area contributed by atoms with Crippen LogP contribution in [0.5, 0.6) is 0 Å². The number of amides is 1. The summed E-state index contributed by atoms with van der Waals surface area (Å²) in [6.45, 7) is 2.40. The Hall–Kier alpha value is -2.89. The molecule has 1 fully saturated rings. The van der Waals surface area contributed by atoms with Gasteiger partial charge in [-0.3, -0.25) is 14.4 Å². The Kier molecular flexibility index (Phi) is 4.93. The van der Waals surface area contributed by atoms with E-state index in [1.807, 2.05) is 31.2 Å². The van der Waals surface area contributed by atoms with Crippen LogP contribution in [-0.4, -0.2) is 21.6 Å². The number of pyridine rings is 1. The third-order valence-electron chi connectivity index (χ3n) is 5.03. The van der Waals surface area contributed by atoms with E-state index in [4.69, 9.17) is 0 Å². The molecular formula is C20H22N2O4. The fourth-order valence-corrected chi connectivity index (χ4v) is 3.22. The van der Waals surface area contributed by atoms with Gasteiger partial charge in [-0.1, -0.05) is 36.2 Å². The predicted molar refractivity (Wildman–Crippen MR) is 98.1 cm³/mol. The fraction of sp³-hybridized carbons (Fsp3) is 0.350. The molecule has 1 aliphatic rings. The van der Waals surface area contributed by atoms with Crippen LogP contribution in [0.2, 0.25) is 0 Å². The lowest BCUT2D eigenvalue weighted by molar-refractivity contribution is -0.157. The van der Waals surface area contributed by atoms with Crippen molar-refractivity contribution in [1.82, 2.24) is 4.57 Å². The van der Waals surface area contributed by atoms with E-state index in [1.54, 1.807) is 18.3 Å². The van der Waals surface area contributed by atoms with Gasteiger partial charge in [0.2, 0.25) is 5.91 Å².